The van der Waals surface area contributed by atoms with Crippen LogP contribution >= 0.6 is 0 Å². The molecule has 0 aliphatic heterocycles. The van der Waals surface area contributed by atoms with Gasteiger partial charge >= 0.3 is 0 Å². The molecule has 0 atom stereocenters. The molecular formula is C12H10N2O2. The number of hydrogen-bond donors (Lipinski definition) is 0. The van der Waals surface area contributed by atoms with E-state index in [1.54, 1.807) is 7.05 Å². The van der Waals surface area contributed by atoms with Crippen LogP contribution < -0.4 is 4.90 Å². The second kappa shape index (κ2) is 4.07. The number of furan rings is 1. The van der Waals surface area contributed by atoms with Crippen molar-refractivity contribution >= 4 is 22.6 Å². The Morgan fingerprint density at radius 1 is 1.50 bits per heavy atom. The number of nitriles is 1. The molecule has 1 heterocycles. The van der Waals surface area contributed by atoms with Gasteiger partial charge in [0.1, 0.15) is 18.3 Å². The fourth-order valence-electron chi connectivity index (χ4n) is 1.54. The first-order valence-electron chi connectivity index (χ1n) is 4.84. The van der Waals surface area contributed by atoms with Crippen LogP contribution in [0.15, 0.2) is 34.9 Å². The van der Waals surface area contributed by atoms with E-state index in [-0.39, 0.29) is 12.3 Å². The van der Waals surface area contributed by atoms with Gasteiger partial charge in [0.05, 0.1) is 11.8 Å². The van der Waals surface area contributed by atoms with Crippen LogP contribution in [0.2, 0.25) is 0 Å². The van der Waals surface area contributed by atoms with Crippen LogP contribution in [-0.4, -0.2) is 13.0 Å². The highest BCUT2D eigenvalue weighted by Crippen LogP contribution is 2.28. The number of rotatable bonds is 2. The molecule has 2 aromatic rings. The van der Waals surface area contributed by atoms with Crippen LogP contribution in [-0.2, 0) is 4.79 Å². The van der Waals surface area contributed by atoms with Crippen molar-refractivity contribution in [1.29, 1.82) is 5.26 Å². The fraction of sp³-hybridized carbons (Fsp3) is 0.167. The van der Waals surface area contributed by atoms with E-state index < -0.39 is 0 Å². The molecule has 16 heavy (non-hydrogen) atoms. The number of fused-ring (bicyclic) bond motifs is 1. The lowest BCUT2D eigenvalue weighted by Crippen LogP contribution is -2.25. The third kappa shape index (κ3) is 1.63. The summed E-state index contributed by atoms with van der Waals surface area (Å²) in [5.41, 5.74) is 1.42. The summed E-state index contributed by atoms with van der Waals surface area (Å²) in [5.74, 6) is -0.242. The van der Waals surface area contributed by atoms with Crippen molar-refractivity contribution in [3.05, 3.63) is 30.5 Å². The molecule has 2 rings (SSSR count). The van der Waals surface area contributed by atoms with Crippen LogP contribution in [0.4, 0.5) is 5.69 Å². The number of amides is 1. The zero-order chi connectivity index (χ0) is 11.5. The Balaban J connectivity index is 2.41. The quantitative estimate of drug-likeness (QED) is 0.770. The first-order valence-corrected chi connectivity index (χ1v) is 4.84. The van der Waals surface area contributed by atoms with E-state index in [1.165, 1.54) is 11.2 Å². The topological polar surface area (TPSA) is 57.2 Å². The summed E-state index contributed by atoms with van der Waals surface area (Å²) in [4.78, 5) is 13.0. The molecule has 0 fully saturated rings. The summed E-state index contributed by atoms with van der Waals surface area (Å²) in [6.45, 7) is 0. The minimum Gasteiger partial charge on any atom is -0.462 e. The van der Waals surface area contributed by atoms with E-state index in [9.17, 15) is 4.79 Å². The predicted octanol–water partition coefficient (Wildman–Crippen LogP) is 2.31. The molecule has 4 heteroatoms. The van der Waals surface area contributed by atoms with Gasteiger partial charge in [-0.2, -0.15) is 5.26 Å². The highest BCUT2D eigenvalue weighted by atomic mass is 16.3. The minimum atomic E-state index is -0.242. The van der Waals surface area contributed by atoms with Crippen LogP contribution in [0.1, 0.15) is 6.42 Å². The normalized spacial score (nSPS) is 10.0. The Kier molecular flexibility index (Phi) is 2.61. The van der Waals surface area contributed by atoms with Gasteiger partial charge in [0.15, 0.2) is 0 Å². The molecule has 0 saturated carbocycles. The number of hydrogen-bond acceptors (Lipinski definition) is 3. The Hall–Kier alpha value is -2.28. The van der Waals surface area contributed by atoms with Crippen molar-refractivity contribution in [2.45, 2.75) is 6.42 Å². The summed E-state index contributed by atoms with van der Waals surface area (Å²) >= 11 is 0. The number of carbonyl (C=O) groups is 1. The van der Waals surface area contributed by atoms with Crippen molar-refractivity contribution in [3.8, 4) is 6.07 Å². The van der Waals surface area contributed by atoms with Gasteiger partial charge in [-0.1, -0.05) is 12.1 Å². The first kappa shape index (κ1) is 10.2. The lowest BCUT2D eigenvalue weighted by atomic mass is 10.2. The zero-order valence-electron chi connectivity index (χ0n) is 8.80. The molecule has 1 amide bonds. The van der Waals surface area contributed by atoms with Gasteiger partial charge in [-0.25, -0.2) is 0 Å². The molecule has 0 saturated heterocycles. The largest absolute Gasteiger partial charge is 0.462 e. The summed E-state index contributed by atoms with van der Waals surface area (Å²) in [7, 11) is 1.64. The van der Waals surface area contributed by atoms with Crippen molar-refractivity contribution < 1.29 is 9.21 Å². The maximum atomic E-state index is 11.5. The standard InChI is InChI=1S/C12H10N2O2/c1-14(12(15)6-7-13)10-8-16-11-5-3-2-4-9(10)11/h2-5,8H,6H2,1H3. The van der Waals surface area contributed by atoms with Gasteiger partial charge in [-0.3, -0.25) is 4.79 Å². The molecular weight excluding hydrogens is 204 g/mol. The monoisotopic (exact) mass is 214 g/mol. The maximum absolute atomic E-state index is 11.5. The highest BCUT2D eigenvalue weighted by Gasteiger charge is 2.15. The Labute approximate surface area is 92.7 Å². The Morgan fingerprint density at radius 3 is 3.00 bits per heavy atom. The van der Waals surface area contributed by atoms with Gasteiger partial charge in [0.2, 0.25) is 5.91 Å². The van der Waals surface area contributed by atoms with E-state index in [1.807, 2.05) is 30.3 Å². The average Bonchev–Trinajstić information content (AvgIpc) is 2.72. The first-order chi connectivity index (χ1) is 7.74. The number of anilines is 1. The van der Waals surface area contributed by atoms with E-state index in [0.29, 0.717) is 5.69 Å². The number of benzene rings is 1. The van der Waals surface area contributed by atoms with Gasteiger partial charge < -0.3 is 9.32 Å². The summed E-state index contributed by atoms with van der Waals surface area (Å²) in [5, 5.41) is 9.35. The Morgan fingerprint density at radius 2 is 2.25 bits per heavy atom. The maximum Gasteiger partial charge on any atom is 0.241 e. The predicted molar refractivity (Wildman–Crippen MR) is 59.9 cm³/mol. The molecule has 80 valence electrons. The molecule has 0 aliphatic carbocycles. The van der Waals surface area contributed by atoms with Gasteiger partial charge in [0, 0.05) is 12.4 Å². The van der Waals surface area contributed by atoms with Crippen molar-refractivity contribution in [1.82, 2.24) is 0 Å². The van der Waals surface area contributed by atoms with Crippen molar-refractivity contribution in [3.63, 3.8) is 0 Å². The molecule has 0 aliphatic rings. The lowest BCUT2D eigenvalue weighted by molar-refractivity contribution is -0.117. The summed E-state index contributed by atoms with van der Waals surface area (Å²) in [6, 6.07) is 9.30. The highest BCUT2D eigenvalue weighted by molar-refractivity contribution is 6.02. The molecule has 0 radical (unpaired) electrons. The van der Waals surface area contributed by atoms with E-state index in [2.05, 4.69) is 0 Å². The van der Waals surface area contributed by atoms with E-state index in [0.717, 1.165) is 11.0 Å². The Bertz CT molecular complexity index is 566. The van der Waals surface area contributed by atoms with Crippen LogP contribution in [0, 0.1) is 11.3 Å². The second-order valence-electron chi connectivity index (χ2n) is 3.40. The van der Waals surface area contributed by atoms with Crippen LogP contribution in [0.25, 0.3) is 11.0 Å². The van der Waals surface area contributed by atoms with Crippen molar-refractivity contribution in [2.75, 3.05) is 11.9 Å². The summed E-state index contributed by atoms with van der Waals surface area (Å²) < 4.78 is 5.32. The third-order valence-electron chi connectivity index (χ3n) is 2.43. The SMILES string of the molecule is CN(C(=O)CC#N)c1coc2ccccc12. The molecule has 4 nitrogen and oxygen atoms in total. The van der Waals surface area contributed by atoms with E-state index >= 15 is 0 Å². The molecule has 0 N–H and O–H groups in total. The number of nitrogens with zero attached hydrogens (tertiary/aromatic N) is 2. The number of carbonyl (C=O) groups excluding carboxylic acids is 1. The molecule has 0 unspecified atom stereocenters. The third-order valence-corrected chi connectivity index (χ3v) is 2.43. The smallest absolute Gasteiger partial charge is 0.241 e. The average molecular weight is 214 g/mol. The lowest BCUT2D eigenvalue weighted by Gasteiger charge is -2.13. The van der Waals surface area contributed by atoms with E-state index in [4.69, 9.17) is 9.68 Å². The molecule has 1 aromatic carbocycles. The number of para-hydroxylation sites is 1. The summed E-state index contributed by atoms with van der Waals surface area (Å²) in [6.07, 6.45) is 1.40. The molecule has 0 spiro atoms. The van der Waals surface area contributed by atoms with Crippen LogP contribution in [0.5, 0.6) is 0 Å². The van der Waals surface area contributed by atoms with Gasteiger partial charge in [0.25, 0.3) is 0 Å². The van der Waals surface area contributed by atoms with Gasteiger partial charge in [-0.15, -0.1) is 0 Å². The minimum absolute atomic E-state index is 0.129. The molecule has 1 aromatic heterocycles. The van der Waals surface area contributed by atoms with Gasteiger partial charge in [-0.05, 0) is 12.1 Å². The fourth-order valence-corrected chi connectivity index (χ4v) is 1.54. The second-order valence-corrected chi connectivity index (χ2v) is 3.40. The zero-order valence-corrected chi connectivity index (χ0v) is 8.80. The van der Waals surface area contributed by atoms with Crippen LogP contribution in [0.3, 0.4) is 0 Å². The molecule has 0 bridgehead atoms. The van der Waals surface area contributed by atoms with Crippen molar-refractivity contribution in [2.24, 2.45) is 0 Å².